The molecule has 0 bridgehead atoms. The molecule has 1 amide bonds. The number of aliphatic hydroxyl groups is 1. The van der Waals surface area contributed by atoms with E-state index >= 15 is 0 Å². The van der Waals surface area contributed by atoms with Crippen molar-refractivity contribution in [2.75, 3.05) is 13.1 Å². The van der Waals surface area contributed by atoms with Crippen molar-refractivity contribution in [3.05, 3.63) is 11.9 Å². The lowest BCUT2D eigenvalue weighted by Gasteiger charge is -2.43. The van der Waals surface area contributed by atoms with Gasteiger partial charge in [-0.1, -0.05) is 0 Å². The Kier molecular flexibility index (Phi) is 1.59. The maximum atomic E-state index is 11.5. The van der Waals surface area contributed by atoms with Crippen molar-refractivity contribution >= 4 is 5.91 Å². The summed E-state index contributed by atoms with van der Waals surface area (Å²) in [5, 5.41) is 18.9. The van der Waals surface area contributed by atoms with E-state index < -0.39 is 5.60 Å². The number of nitrogens with zero attached hydrogens (tertiary/aromatic N) is 3. The third kappa shape index (κ3) is 1.40. The van der Waals surface area contributed by atoms with Gasteiger partial charge in [0.05, 0.1) is 24.9 Å². The minimum atomic E-state index is -0.737. The number of carbonyl (C=O) groups is 1. The quantitative estimate of drug-likeness (QED) is 0.584. The minimum absolute atomic E-state index is 0.194. The molecule has 1 aromatic heterocycles. The van der Waals surface area contributed by atoms with Gasteiger partial charge in [0.2, 0.25) is 0 Å². The Morgan fingerprint density at radius 1 is 1.77 bits per heavy atom. The second-order valence-corrected chi connectivity index (χ2v) is 3.51. The summed E-state index contributed by atoms with van der Waals surface area (Å²) in [7, 11) is 0. The average molecular weight is 182 g/mol. The second-order valence-electron chi connectivity index (χ2n) is 3.51. The van der Waals surface area contributed by atoms with E-state index in [1.54, 1.807) is 6.92 Å². The van der Waals surface area contributed by atoms with Gasteiger partial charge in [0.1, 0.15) is 0 Å². The molecule has 0 aromatic carbocycles. The van der Waals surface area contributed by atoms with Crippen LogP contribution in [0.3, 0.4) is 0 Å². The van der Waals surface area contributed by atoms with E-state index in [4.69, 9.17) is 0 Å². The first-order chi connectivity index (χ1) is 6.08. The van der Waals surface area contributed by atoms with Crippen LogP contribution in [-0.2, 0) is 0 Å². The zero-order valence-electron chi connectivity index (χ0n) is 7.19. The molecule has 2 N–H and O–H groups in total. The predicted molar refractivity (Wildman–Crippen MR) is 42.9 cm³/mol. The number of nitrogens with one attached hydrogen (secondary N) is 1. The summed E-state index contributed by atoms with van der Waals surface area (Å²) in [5.41, 5.74) is -0.449. The predicted octanol–water partition coefficient (Wildman–Crippen LogP) is -0.989. The van der Waals surface area contributed by atoms with E-state index in [9.17, 15) is 9.90 Å². The lowest BCUT2D eigenvalue weighted by atomic mass is 9.97. The van der Waals surface area contributed by atoms with Crippen molar-refractivity contribution in [2.45, 2.75) is 12.5 Å². The first-order valence-corrected chi connectivity index (χ1v) is 3.96. The van der Waals surface area contributed by atoms with Crippen LogP contribution in [0.25, 0.3) is 0 Å². The summed E-state index contributed by atoms with van der Waals surface area (Å²) < 4.78 is 0. The van der Waals surface area contributed by atoms with E-state index in [-0.39, 0.29) is 11.6 Å². The number of likely N-dealkylation sites (tertiary alicyclic amines) is 1. The topological polar surface area (TPSA) is 82.1 Å². The first-order valence-electron chi connectivity index (χ1n) is 3.96. The Morgan fingerprint density at radius 2 is 2.46 bits per heavy atom. The summed E-state index contributed by atoms with van der Waals surface area (Å²) in [5.74, 6) is -0.194. The van der Waals surface area contributed by atoms with Crippen LogP contribution in [0.1, 0.15) is 17.4 Å². The Bertz CT molecular complexity index is 311. The molecule has 13 heavy (non-hydrogen) atoms. The molecular weight excluding hydrogens is 172 g/mol. The smallest absolute Gasteiger partial charge is 0.276 e. The van der Waals surface area contributed by atoms with Crippen LogP contribution in [0, 0.1) is 0 Å². The summed E-state index contributed by atoms with van der Waals surface area (Å²) >= 11 is 0. The number of rotatable bonds is 1. The largest absolute Gasteiger partial charge is 0.386 e. The number of H-pyrrole nitrogens is 1. The van der Waals surface area contributed by atoms with E-state index in [1.807, 2.05) is 0 Å². The number of amides is 1. The Hall–Kier alpha value is -1.43. The molecule has 0 spiro atoms. The molecule has 6 heteroatoms. The van der Waals surface area contributed by atoms with E-state index in [0.29, 0.717) is 13.1 Å². The molecule has 0 unspecified atom stereocenters. The highest BCUT2D eigenvalue weighted by Gasteiger charge is 2.40. The summed E-state index contributed by atoms with van der Waals surface area (Å²) in [6.45, 7) is 2.41. The van der Waals surface area contributed by atoms with Crippen LogP contribution >= 0.6 is 0 Å². The van der Waals surface area contributed by atoms with Gasteiger partial charge in [-0.05, 0) is 6.92 Å². The molecule has 70 valence electrons. The van der Waals surface area contributed by atoms with Gasteiger partial charge in [-0.2, -0.15) is 15.4 Å². The molecule has 0 atom stereocenters. The van der Waals surface area contributed by atoms with Gasteiger partial charge in [0.25, 0.3) is 5.91 Å². The lowest BCUT2D eigenvalue weighted by molar-refractivity contribution is -0.0670. The van der Waals surface area contributed by atoms with Crippen LogP contribution in [-0.4, -0.2) is 50.0 Å². The highest BCUT2D eigenvalue weighted by atomic mass is 16.3. The maximum Gasteiger partial charge on any atom is 0.276 e. The standard InChI is InChI=1S/C7H10N4O2/c1-7(13)3-11(4-7)6(12)5-2-8-10-9-5/h2,13H,3-4H2,1H3,(H,8,9,10). The Balaban J connectivity index is 2.02. The average Bonchev–Trinajstić information content (AvgIpc) is 2.50. The molecule has 0 aliphatic carbocycles. The fourth-order valence-corrected chi connectivity index (χ4v) is 1.39. The monoisotopic (exact) mass is 182 g/mol. The van der Waals surface area contributed by atoms with Gasteiger partial charge in [-0.25, -0.2) is 0 Å². The molecule has 2 heterocycles. The SMILES string of the molecule is CC1(O)CN(C(=O)c2cn[nH]n2)C1. The van der Waals surface area contributed by atoms with Crippen molar-refractivity contribution < 1.29 is 9.90 Å². The molecule has 6 nitrogen and oxygen atoms in total. The maximum absolute atomic E-state index is 11.5. The van der Waals surface area contributed by atoms with Crippen molar-refractivity contribution in [3.8, 4) is 0 Å². The third-order valence-electron chi connectivity index (χ3n) is 1.98. The zero-order chi connectivity index (χ0) is 9.47. The number of carbonyl (C=O) groups excluding carboxylic acids is 1. The zero-order valence-corrected chi connectivity index (χ0v) is 7.19. The number of hydrogen-bond donors (Lipinski definition) is 2. The van der Waals surface area contributed by atoms with Gasteiger partial charge in [0, 0.05) is 0 Å². The van der Waals surface area contributed by atoms with Crippen molar-refractivity contribution in [1.29, 1.82) is 0 Å². The van der Waals surface area contributed by atoms with Crippen molar-refractivity contribution in [1.82, 2.24) is 20.3 Å². The van der Waals surface area contributed by atoms with Gasteiger partial charge in [0.15, 0.2) is 5.69 Å². The van der Waals surface area contributed by atoms with Gasteiger partial charge >= 0.3 is 0 Å². The van der Waals surface area contributed by atoms with Crippen LogP contribution < -0.4 is 0 Å². The molecule has 0 saturated carbocycles. The summed E-state index contributed by atoms with van der Waals surface area (Å²) in [6.07, 6.45) is 1.37. The second kappa shape index (κ2) is 2.53. The van der Waals surface area contributed by atoms with Crippen LogP contribution in [0.5, 0.6) is 0 Å². The van der Waals surface area contributed by atoms with Crippen LogP contribution in [0.4, 0.5) is 0 Å². The van der Waals surface area contributed by atoms with Gasteiger partial charge < -0.3 is 10.0 Å². The van der Waals surface area contributed by atoms with Gasteiger partial charge in [-0.3, -0.25) is 4.79 Å². The minimum Gasteiger partial charge on any atom is -0.386 e. The van der Waals surface area contributed by atoms with Crippen molar-refractivity contribution in [3.63, 3.8) is 0 Å². The first kappa shape index (κ1) is 8.18. The fourth-order valence-electron chi connectivity index (χ4n) is 1.39. The van der Waals surface area contributed by atoms with Crippen molar-refractivity contribution in [2.24, 2.45) is 0 Å². The molecule has 0 radical (unpaired) electrons. The third-order valence-corrected chi connectivity index (χ3v) is 1.98. The number of β-amino-alcohol motifs (C(OH)–C–C–N with tert-alkyl or cyclic N) is 1. The lowest BCUT2D eigenvalue weighted by Crippen LogP contribution is -2.61. The Morgan fingerprint density at radius 3 is 2.92 bits per heavy atom. The van der Waals surface area contributed by atoms with E-state index in [1.165, 1.54) is 11.1 Å². The van der Waals surface area contributed by atoms with E-state index in [2.05, 4.69) is 15.4 Å². The van der Waals surface area contributed by atoms with Gasteiger partial charge in [-0.15, -0.1) is 0 Å². The molecule has 2 rings (SSSR count). The molecule has 1 fully saturated rings. The Labute approximate surface area is 74.6 Å². The number of hydrogen-bond acceptors (Lipinski definition) is 4. The molecule has 1 aliphatic heterocycles. The highest BCUT2D eigenvalue weighted by Crippen LogP contribution is 2.20. The van der Waals surface area contributed by atoms with E-state index in [0.717, 1.165) is 0 Å². The van der Waals surface area contributed by atoms with Crippen LogP contribution in [0.2, 0.25) is 0 Å². The molecule has 1 aromatic rings. The number of aromatic amines is 1. The molecule has 1 aliphatic rings. The molecule has 1 saturated heterocycles. The summed E-state index contributed by atoms with van der Waals surface area (Å²) in [4.78, 5) is 13.0. The fraction of sp³-hybridized carbons (Fsp3) is 0.571. The van der Waals surface area contributed by atoms with Crippen LogP contribution in [0.15, 0.2) is 6.20 Å². The summed E-state index contributed by atoms with van der Waals surface area (Å²) in [6, 6.07) is 0. The highest BCUT2D eigenvalue weighted by molar-refractivity contribution is 5.92. The normalized spacial score (nSPS) is 19.7. The molecular formula is C7H10N4O2. The number of aromatic nitrogens is 3.